The van der Waals surface area contributed by atoms with Crippen molar-refractivity contribution in [3.05, 3.63) is 123 Å². The predicted octanol–water partition coefficient (Wildman–Crippen LogP) is 8.28. The summed E-state index contributed by atoms with van der Waals surface area (Å²) >= 11 is 0. The average molecular weight is 431 g/mol. The van der Waals surface area contributed by atoms with Gasteiger partial charge in [-0.2, -0.15) is 0 Å². The Hall–Kier alpha value is -2.90. The molecule has 1 heteroatoms. The van der Waals surface area contributed by atoms with Crippen molar-refractivity contribution in [1.82, 2.24) is 0 Å². The number of benzene rings is 3. The molecule has 3 aliphatic carbocycles. The highest BCUT2D eigenvalue weighted by atomic mass is 28.3. The zero-order valence-corrected chi connectivity index (χ0v) is 20.4. The van der Waals surface area contributed by atoms with E-state index in [0.717, 1.165) is 0 Å². The van der Waals surface area contributed by atoms with E-state index in [1.807, 2.05) is 0 Å². The third-order valence-corrected chi connectivity index (χ3v) is 14.3. The molecule has 3 aromatic rings. The number of allylic oxidation sites excluding steroid dienone is 3. The Balaban J connectivity index is 1.64. The normalized spacial score (nSPS) is 24.8. The van der Waals surface area contributed by atoms with E-state index in [1.165, 1.54) is 16.7 Å². The van der Waals surface area contributed by atoms with Gasteiger partial charge in [0, 0.05) is 16.6 Å². The molecule has 0 bridgehead atoms. The summed E-state index contributed by atoms with van der Waals surface area (Å²) in [5.41, 5.74) is 15.1. The zero-order valence-electron chi connectivity index (χ0n) is 19.4. The first kappa shape index (κ1) is 19.8. The first-order valence-corrected chi connectivity index (χ1v) is 14.5. The molecule has 0 heterocycles. The second-order valence-electron chi connectivity index (χ2n) is 10.2. The van der Waals surface area contributed by atoms with E-state index < -0.39 is 8.07 Å². The lowest BCUT2D eigenvalue weighted by atomic mass is 10.1. The molecule has 3 atom stereocenters. The molecule has 0 N–H and O–H groups in total. The molecule has 0 saturated heterocycles. The van der Waals surface area contributed by atoms with Gasteiger partial charge in [0.2, 0.25) is 0 Å². The topological polar surface area (TPSA) is 0 Å². The quantitative estimate of drug-likeness (QED) is 0.367. The molecule has 6 rings (SSSR count). The van der Waals surface area contributed by atoms with E-state index in [4.69, 9.17) is 0 Å². The number of hydrogen-bond acceptors (Lipinski definition) is 0. The van der Waals surface area contributed by atoms with Crippen LogP contribution in [0.25, 0.3) is 18.2 Å². The number of rotatable bonds is 3. The lowest BCUT2D eigenvalue weighted by Crippen LogP contribution is -2.51. The molecule has 0 amide bonds. The Labute approximate surface area is 193 Å². The Morgan fingerprint density at radius 1 is 0.469 bits per heavy atom. The molecule has 3 aliphatic rings. The van der Waals surface area contributed by atoms with Gasteiger partial charge in [0.15, 0.2) is 0 Å². The predicted molar refractivity (Wildman–Crippen MR) is 140 cm³/mol. The second kappa shape index (κ2) is 7.05. The average Bonchev–Trinajstić information content (AvgIpc) is 3.42. The summed E-state index contributed by atoms with van der Waals surface area (Å²) in [4.78, 5) is 0. The van der Waals surface area contributed by atoms with Crippen LogP contribution in [0.1, 0.15) is 70.8 Å². The Bertz CT molecular complexity index is 1170. The minimum Gasteiger partial charge on any atom is -0.0678 e. The summed E-state index contributed by atoms with van der Waals surface area (Å²) in [6.45, 7) is 9.87. The largest absolute Gasteiger partial charge is 0.0869 e. The van der Waals surface area contributed by atoms with Crippen LogP contribution >= 0.6 is 0 Å². The summed E-state index contributed by atoms with van der Waals surface area (Å²) in [6, 6.07) is 27.4. The molecule has 0 fully saturated rings. The highest BCUT2D eigenvalue weighted by molar-refractivity contribution is 6.85. The van der Waals surface area contributed by atoms with Crippen LogP contribution in [-0.4, -0.2) is 8.07 Å². The molecular weight excluding hydrogens is 400 g/mol. The molecule has 0 nitrogen and oxygen atoms in total. The Morgan fingerprint density at radius 3 is 1.06 bits per heavy atom. The van der Waals surface area contributed by atoms with Gasteiger partial charge in [-0.25, -0.2) is 0 Å². The summed E-state index contributed by atoms with van der Waals surface area (Å²) in [7, 11) is -2.10. The van der Waals surface area contributed by atoms with Crippen molar-refractivity contribution >= 4 is 26.3 Å². The van der Waals surface area contributed by atoms with Crippen molar-refractivity contribution < 1.29 is 0 Å². The monoisotopic (exact) mass is 430 g/mol. The molecular formula is C31H30Si. The van der Waals surface area contributed by atoms with Gasteiger partial charge in [-0.15, -0.1) is 0 Å². The maximum atomic E-state index is 2.71. The number of fused-ring (bicyclic) bond motifs is 3. The minimum atomic E-state index is -2.10. The standard InChI is InChI=1S/C31H30Si/c1-20-17-23-11-5-8-14-26(23)29(20)32(4,30-21(2)18-24-12-6-9-15-27(24)30)31-22(3)19-25-13-7-10-16-28(25)31/h5-19,29-31H,1-4H3. The van der Waals surface area contributed by atoms with Crippen molar-refractivity contribution in [2.24, 2.45) is 0 Å². The highest BCUT2D eigenvalue weighted by Crippen LogP contribution is 2.59. The first-order valence-electron chi connectivity index (χ1n) is 11.8. The SMILES string of the molecule is CC1=Cc2ccccc2C1[Si](C)(C1C(C)=Cc2ccccc21)C1C(C)=Cc2ccccc21. The van der Waals surface area contributed by atoms with Crippen LogP contribution in [0.5, 0.6) is 0 Å². The third-order valence-electron chi connectivity index (χ3n) is 8.30. The van der Waals surface area contributed by atoms with Crippen LogP contribution in [0.3, 0.4) is 0 Å². The summed E-state index contributed by atoms with van der Waals surface area (Å²) in [5, 5.41) is 0. The molecule has 0 saturated carbocycles. The highest BCUT2D eigenvalue weighted by Gasteiger charge is 2.55. The van der Waals surface area contributed by atoms with Gasteiger partial charge in [-0.3, -0.25) is 0 Å². The van der Waals surface area contributed by atoms with E-state index in [1.54, 1.807) is 33.4 Å². The van der Waals surface area contributed by atoms with Gasteiger partial charge in [-0.1, -0.05) is 114 Å². The van der Waals surface area contributed by atoms with Crippen LogP contribution in [0.4, 0.5) is 0 Å². The van der Waals surface area contributed by atoms with Crippen molar-refractivity contribution in [2.45, 2.75) is 43.9 Å². The molecule has 0 radical (unpaired) electrons. The van der Waals surface area contributed by atoms with Gasteiger partial charge in [0.05, 0.1) is 8.07 Å². The maximum absolute atomic E-state index is 2.71. The molecule has 0 spiro atoms. The van der Waals surface area contributed by atoms with Crippen LogP contribution in [0.2, 0.25) is 6.55 Å². The molecule has 3 aromatic carbocycles. The van der Waals surface area contributed by atoms with Gasteiger partial charge < -0.3 is 0 Å². The fourth-order valence-electron chi connectivity index (χ4n) is 7.41. The van der Waals surface area contributed by atoms with Crippen LogP contribution in [0.15, 0.2) is 89.5 Å². The van der Waals surface area contributed by atoms with E-state index in [0.29, 0.717) is 16.6 Å². The van der Waals surface area contributed by atoms with Crippen LogP contribution < -0.4 is 0 Å². The summed E-state index contributed by atoms with van der Waals surface area (Å²) in [5.74, 6) is 0. The van der Waals surface area contributed by atoms with Crippen molar-refractivity contribution in [3.8, 4) is 0 Å². The Kier molecular flexibility index (Phi) is 4.35. The zero-order chi connectivity index (χ0) is 22.0. The van der Waals surface area contributed by atoms with E-state index in [2.05, 4.69) is 118 Å². The fraction of sp³-hybridized carbons (Fsp3) is 0.226. The molecule has 0 aromatic heterocycles. The smallest absolute Gasteiger partial charge is 0.0678 e. The van der Waals surface area contributed by atoms with E-state index in [-0.39, 0.29) is 0 Å². The van der Waals surface area contributed by atoms with Crippen molar-refractivity contribution in [3.63, 3.8) is 0 Å². The van der Waals surface area contributed by atoms with E-state index in [9.17, 15) is 0 Å². The van der Waals surface area contributed by atoms with Crippen molar-refractivity contribution in [1.29, 1.82) is 0 Å². The summed E-state index contributed by atoms with van der Waals surface area (Å²) in [6.07, 6.45) is 7.39. The second-order valence-corrected chi connectivity index (χ2v) is 14.7. The lowest BCUT2D eigenvalue weighted by molar-refractivity contribution is 0.885. The maximum Gasteiger partial charge on any atom is 0.0869 e. The third kappa shape index (κ3) is 2.61. The van der Waals surface area contributed by atoms with Crippen LogP contribution in [0, 0.1) is 0 Å². The molecule has 3 unspecified atom stereocenters. The molecule has 158 valence electrons. The molecule has 0 aliphatic heterocycles. The number of hydrogen-bond donors (Lipinski definition) is 0. The Morgan fingerprint density at radius 2 is 0.750 bits per heavy atom. The van der Waals surface area contributed by atoms with Gasteiger partial charge in [0.25, 0.3) is 0 Å². The van der Waals surface area contributed by atoms with E-state index >= 15 is 0 Å². The van der Waals surface area contributed by atoms with Gasteiger partial charge >= 0.3 is 0 Å². The van der Waals surface area contributed by atoms with Crippen molar-refractivity contribution in [2.75, 3.05) is 0 Å². The lowest BCUT2D eigenvalue weighted by Gasteiger charge is -2.47. The van der Waals surface area contributed by atoms with Gasteiger partial charge in [0.1, 0.15) is 0 Å². The van der Waals surface area contributed by atoms with Crippen LogP contribution in [-0.2, 0) is 0 Å². The first-order chi connectivity index (χ1) is 15.5. The fourth-order valence-corrected chi connectivity index (χ4v) is 14.4. The molecule has 32 heavy (non-hydrogen) atoms. The summed E-state index contributed by atoms with van der Waals surface area (Å²) < 4.78 is 0. The minimum absolute atomic E-state index is 0.512. The van der Waals surface area contributed by atoms with Gasteiger partial charge in [-0.05, 0) is 54.2 Å².